The van der Waals surface area contributed by atoms with Gasteiger partial charge >= 0.3 is 0 Å². The highest BCUT2D eigenvalue weighted by molar-refractivity contribution is 5.58. The van der Waals surface area contributed by atoms with Gasteiger partial charge < -0.3 is 10.6 Å². The van der Waals surface area contributed by atoms with E-state index in [1.54, 1.807) is 19.1 Å². The van der Waals surface area contributed by atoms with Crippen LogP contribution in [0.2, 0.25) is 0 Å². The fraction of sp³-hybridized carbons (Fsp3) is 0.400. The smallest absolute Gasteiger partial charge is 0.274 e. The third-order valence-electron chi connectivity index (χ3n) is 2.66. The average molecular weight is 207 g/mol. The average Bonchev–Trinajstić information content (AvgIpc) is 2.14. The van der Waals surface area contributed by atoms with Gasteiger partial charge in [-0.2, -0.15) is 0 Å². The molecule has 1 aliphatic heterocycles. The summed E-state index contributed by atoms with van der Waals surface area (Å²) in [5.41, 5.74) is 7.40. The number of hydrogen-bond acceptors (Lipinski definition) is 4. The summed E-state index contributed by atoms with van der Waals surface area (Å²) in [6, 6.07) is 5.48. The van der Waals surface area contributed by atoms with Crippen LogP contribution in [0.5, 0.6) is 0 Å². The molecule has 5 heteroatoms. The third kappa shape index (κ3) is 1.78. The second kappa shape index (κ2) is 3.51. The minimum Gasteiger partial charge on any atom is -0.368 e. The molecule has 5 nitrogen and oxygen atoms in total. The van der Waals surface area contributed by atoms with Crippen LogP contribution in [0.3, 0.4) is 0 Å². The molecule has 0 radical (unpaired) electrons. The molecule has 80 valence electrons. The molecule has 15 heavy (non-hydrogen) atoms. The van der Waals surface area contributed by atoms with Crippen LogP contribution in [-0.4, -0.2) is 24.1 Å². The summed E-state index contributed by atoms with van der Waals surface area (Å²) in [5, 5.41) is 10.7. The molecule has 0 unspecified atom stereocenters. The van der Waals surface area contributed by atoms with Gasteiger partial charge in [-0.15, -0.1) is 0 Å². The van der Waals surface area contributed by atoms with E-state index >= 15 is 0 Å². The van der Waals surface area contributed by atoms with Crippen LogP contribution >= 0.6 is 0 Å². The summed E-state index contributed by atoms with van der Waals surface area (Å²) in [4.78, 5) is 12.4. The molecule has 2 N–H and O–H groups in total. The van der Waals surface area contributed by atoms with Gasteiger partial charge in [0.25, 0.3) is 5.69 Å². The van der Waals surface area contributed by atoms with E-state index in [4.69, 9.17) is 5.73 Å². The lowest BCUT2D eigenvalue weighted by atomic mass is 10.1. The minimum absolute atomic E-state index is 0.174. The Labute approximate surface area is 87.6 Å². The van der Waals surface area contributed by atoms with E-state index in [1.807, 2.05) is 11.0 Å². The van der Waals surface area contributed by atoms with E-state index in [9.17, 15) is 10.1 Å². The molecule has 1 aromatic rings. The Kier molecular flexibility index (Phi) is 2.32. The Morgan fingerprint density at radius 1 is 1.53 bits per heavy atom. The van der Waals surface area contributed by atoms with E-state index in [2.05, 4.69) is 0 Å². The van der Waals surface area contributed by atoms with E-state index in [0.717, 1.165) is 18.8 Å². The predicted octanol–water partition coefficient (Wildman–Crippen LogP) is 1.05. The van der Waals surface area contributed by atoms with Gasteiger partial charge in [0.05, 0.1) is 4.92 Å². The van der Waals surface area contributed by atoms with E-state index in [-0.39, 0.29) is 16.7 Å². The topological polar surface area (TPSA) is 72.4 Å². The van der Waals surface area contributed by atoms with E-state index in [0.29, 0.717) is 5.56 Å². The molecule has 0 aromatic heterocycles. The van der Waals surface area contributed by atoms with Crippen LogP contribution in [0, 0.1) is 17.0 Å². The van der Waals surface area contributed by atoms with Gasteiger partial charge in [0.2, 0.25) is 0 Å². The molecule has 0 spiro atoms. The van der Waals surface area contributed by atoms with E-state index in [1.165, 1.54) is 0 Å². The van der Waals surface area contributed by atoms with Crippen LogP contribution in [-0.2, 0) is 0 Å². The van der Waals surface area contributed by atoms with Gasteiger partial charge in [-0.25, -0.2) is 0 Å². The van der Waals surface area contributed by atoms with Gasteiger partial charge in [-0.3, -0.25) is 10.1 Å². The van der Waals surface area contributed by atoms with Crippen molar-refractivity contribution in [1.82, 2.24) is 0 Å². The number of rotatable bonds is 2. The van der Waals surface area contributed by atoms with Crippen LogP contribution in [0.25, 0.3) is 0 Å². The molecule has 1 heterocycles. The lowest BCUT2D eigenvalue weighted by Gasteiger charge is -2.38. The first-order valence-electron chi connectivity index (χ1n) is 4.83. The summed E-state index contributed by atoms with van der Waals surface area (Å²) < 4.78 is 0. The normalized spacial score (nSPS) is 16.3. The second-order valence-corrected chi connectivity index (χ2v) is 3.89. The zero-order valence-corrected chi connectivity index (χ0v) is 8.51. The van der Waals surface area contributed by atoms with Crippen molar-refractivity contribution in [3.8, 4) is 0 Å². The second-order valence-electron chi connectivity index (χ2n) is 3.89. The maximum atomic E-state index is 10.7. The maximum Gasteiger partial charge on any atom is 0.274 e. The number of benzene rings is 1. The van der Waals surface area contributed by atoms with Crippen molar-refractivity contribution in [3.05, 3.63) is 33.9 Å². The van der Waals surface area contributed by atoms with E-state index < -0.39 is 0 Å². The molecular weight excluding hydrogens is 194 g/mol. The van der Waals surface area contributed by atoms with Crippen LogP contribution in [0.4, 0.5) is 11.4 Å². The highest BCUT2D eigenvalue weighted by atomic mass is 16.6. The van der Waals surface area contributed by atoms with Crippen molar-refractivity contribution in [1.29, 1.82) is 0 Å². The van der Waals surface area contributed by atoms with Gasteiger partial charge in [0.15, 0.2) is 0 Å². The molecule has 1 aliphatic rings. The van der Waals surface area contributed by atoms with Crippen molar-refractivity contribution in [2.75, 3.05) is 18.0 Å². The number of aryl methyl sites for hydroxylation is 1. The van der Waals surface area contributed by atoms with Crippen molar-refractivity contribution in [3.63, 3.8) is 0 Å². The molecule has 1 fully saturated rings. The summed E-state index contributed by atoms with van der Waals surface area (Å²) in [6.07, 6.45) is 0. The van der Waals surface area contributed by atoms with Crippen LogP contribution < -0.4 is 10.6 Å². The SMILES string of the molecule is Cc1ccc(N2CC(N)C2)cc1[N+](=O)[O-]. The lowest BCUT2D eigenvalue weighted by molar-refractivity contribution is -0.385. The number of nitrogens with zero attached hydrogens (tertiary/aromatic N) is 2. The first-order chi connectivity index (χ1) is 7.08. The van der Waals surface area contributed by atoms with Crippen molar-refractivity contribution >= 4 is 11.4 Å². The number of nitrogens with two attached hydrogens (primary N) is 1. The van der Waals surface area contributed by atoms with Crippen molar-refractivity contribution in [2.45, 2.75) is 13.0 Å². The number of anilines is 1. The summed E-state index contributed by atoms with van der Waals surface area (Å²) in [7, 11) is 0. The van der Waals surface area contributed by atoms with Crippen molar-refractivity contribution < 1.29 is 4.92 Å². The predicted molar refractivity (Wildman–Crippen MR) is 58.0 cm³/mol. The first kappa shape index (κ1) is 9.92. The maximum absolute atomic E-state index is 10.7. The zero-order chi connectivity index (χ0) is 11.0. The molecule has 0 aliphatic carbocycles. The third-order valence-corrected chi connectivity index (χ3v) is 2.66. The Hall–Kier alpha value is -1.62. The monoisotopic (exact) mass is 207 g/mol. The number of nitro groups is 1. The minimum atomic E-state index is -0.349. The Morgan fingerprint density at radius 2 is 2.20 bits per heavy atom. The highest BCUT2D eigenvalue weighted by Crippen LogP contribution is 2.27. The highest BCUT2D eigenvalue weighted by Gasteiger charge is 2.24. The number of hydrogen-bond donors (Lipinski definition) is 1. The standard InChI is InChI=1S/C10H13N3O2/c1-7-2-3-9(4-10(7)13(14)15)12-5-8(11)6-12/h2-4,8H,5-6,11H2,1H3. The zero-order valence-electron chi connectivity index (χ0n) is 8.51. The molecular formula is C10H13N3O2. The largest absolute Gasteiger partial charge is 0.368 e. The van der Waals surface area contributed by atoms with Crippen LogP contribution in [0.15, 0.2) is 18.2 Å². The molecule has 1 aromatic carbocycles. The Balaban J connectivity index is 2.27. The molecule has 0 saturated carbocycles. The fourth-order valence-electron chi connectivity index (χ4n) is 1.71. The van der Waals surface area contributed by atoms with Crippen molar-refractivity contribution in [2.24, 2.45) is 5.73 Å². The lowest BCUT2D eigenvalue weighted by Crippen LogP contribution is -2.55. The Bertz CT molecular complexity index is 400. The van der Waals surface area contributed by atoms with Gasteiger partial charge in [0.1, 0.15) is 0 Å². The Morgan fingerprint density at radius 3 is 2.73 bits per heavy atom. The van der Waals surface area contributed by atoms with Gasteiger partial charge in [0, 0.05) is 36.4 Å². The molecule has 0 amide bonds. The molecule has 0 atom stereocenters. The molecule has 0 bridgehead atoms. The molecule has 1 saturated heterocycles. The quantitative estimate of drug-likeness (QED) is 0.581. The molecule has 2 rings (SSSR count). The van der Waals surface area contributed by atoms with Gasteiger partial charge in [-0.05, 0) is 13.0 Å². The summed E-state index contributed by atoms with van der Waals surface area (Å²) in [6.45, 7) is 3.30. The summed E-state index contributed by atoms with van der Waals surface area (Å²) in [5.74, 6) is 0. The number of nitro benzene ring substituents is 1. The van der Waals surface area contributed by atoms with Gasteiger partial charge in [-0.1, -0.05) is 6.07 Å². The first-order valence-corrected chi connectivity index (χ1v) is 4.83. The summed E-state index contributed by atoms with van der Waals surface area (Å²) >= 11 is 0. The van der Waals surface area contributed by atoms with Crippen LogP contribution in [0.1, 0.15) is 5.56 Å². The fourth-order valence-corrected chi connectivity index (χ4v) is 1.71.